The molecule has 0 saturated carbocycles. The van der Waals surface area contributed by atoms with Crippen molar-refractivity contribution in [2.45, 2.75) is 6.92 Å². The van der Waals surface area contributed by atoms with E-state index in [4.69, 9.17) is 19.3 Å². The maximum absolute atomic E-state index is 10.5. The Morgan fingerprint density at radius 2 is 2.22 bits per heavy atom. The summed E-state index contributed by atoms with van der Waals surface area (Å²) in [7, 11) is 1.52. The van der Waals surface area contributed by atoms with Crippen molar-refractivity contribution in [3.63, 3.8) is 0 Å². The molecule has 98 valence electrons. The molecule has 0 amide bonds. The molecular formula is C13H16O5. The Morgan fingerprint density at radius 1 is 1.44 bits per heavy atom. The third kappa shape index (κ3) is 4.10. The Kier molecular flexibility index (Phi) is 5.73. The van der Waals surface area contributed by atoms with Crippen molar-refractivity contribution in [3.05, 3.63) is 29.8 Å². The molecule has 0 bridgehead atoms. The summed E-state index contributed by atoms with van der Waals surface area (Å²) in [5.74, 6) is -0.0261. The number of para-hydroxylation sites is 1. The number of aliphatic carboxylic acids is 1. The molecule has 0 radical (unpaired) electrons. The van der Waals surface area contributed by atoms with Crippen molar-refractivity contribution >= 4 is 12.0 Å². The quantitative estimate of drug-likeness (QED) is 0.457. The van der Waals surface area contributed by atoms with Crippen LogP contribution in [-0.4, -0.2) is 31.6 Å². The number of carboxylic acid groups (broad SMARTS) is 1. The first-order valence-electron chi connectivity index (χ1n) is 5.47. The fourth-order valence-corrected chi connectivity index (χ4v) is 1.32. The highest BCUT2D eigenvalue weighted by molar-refractivity contribution is 5.86. The normalized spacial score (nSPS) is 10.6. The van der Waals surface area contributed by atoms with Crippen LogP contribution in [0.5, 0.6) is 11.5 Å². The number of rotatable bonds is 7. The minimum absolute atomic E-state index is 0.0881. The molecule has 1 aromatic rings. The molecule has 0 aliphatic carbocycles. The number of hydrogen-bond donors (Lipinski definition) is 1. The van der Waals surface area contributed by atoms with Gasteiger partial charge in [0.15, 0.2) is 18.3 Å². The maximum atomic E-state index is 10.5. The molecule has 5 nitrogen and oxygen atoms in total. The summed E-state index contributed by atoms with van der Waals surface area (Å²) in [6.07, 6.45) is 2.49. The number of carboxylic acids is 1. The van der Waals surface area contributed by atoms with Gasteiger partial charge < -0.3 is 19.3 Å². The van der Waals surface area contributed by atoms with Crippen LogP contribution in [0, 0.1) is 0 Å². The Balaban J connectivity index is 2.96. The zero-order valence-corrected chi connectivity index (χ0v) is 10.4. The van der Waals surface area contributed by atoms with Gasteiger partial charge in [0, 0.05) is 18.2 Å². The van der Waals surface area contributed by atoms with Gasteiger partial charge in [-0.05, 0) is 19.1 Å². The van der Waals surface area contributed by atoms with E-state index in [1.54, 1.807) is 18.2 Å². The van der Waals surface area contributed by atoms with E-state index in [-0.39, 0.29) is 6.79 Å². The van der Waals surface area contributed by atoms with Crippen LogP contribution in [-0.2, 0) is 9.53 Å². The minimum atomic E-state index is -1.02. The van der Waals surface area contributed by atoms with E-state index in [2.05, 4.69) is 0 Å². The third-order valence-corrected chi connectivity index (χ3v) is 2.13. The maximum Gasteiger partial charge on any atom is 0.328 e. The van der Waals surface area contributed by atoms with Crippen molar-refractivity contribution in [2.24, 2.45) is 0 Å². The van der Waals surface area contributed by atoms with Crippen LogP contribution in [0.4, 0.5) is 0 Å². The highest BCUT2D eigenvalue weighted by Crippen LogP contribution is 2.31. The largest absolute Gasteiger partial charge is 0.493 e. The molecule has 0 aliphatic heterocycles. The van der Waals surface area contributed by atoms with Crippen LogP contribution in [0.25, 0.3) is 6.08 Å². The Hall–Kier alpha value is -2.01. The zero-order valence-electron chi connectivity index (χ0n) is 10.4. The molecule has 0 spiro atoms. The van der Waals surface area contributed by atoms with Gasteiger partial charge in [0.25, 0.3) is 0 Å². The van der Waals surface area contributed by atoms with Gasteiger partial charge in [-0.3, -0.25) is 0 Å². The fourth-order valence-electron chi connectivity index (χ4n) is 1.32. The van der Waals surface area contributed by atoms with Crippen molar-refractivity contribution in [1.82, 2.24) is 0 Å². The predicted molar refractivity (Wildman–Crippen MR) is 66.8 cm³/mol. The summed E-state index contributed by atoms with van der Waals surface area (Å²) in [5, 5.41) is 8.62. The summed E-state index contributed by atoms with van der Waals surface area (Å²) in [5.41, 5.74) is 0.622. The lowest BCUT2D eigenvalue weighted by molar-refractivity contribution is -0.131. The Bertz CT molecular complexity index is 425. The van der Waals surface area contributed by atoms with Crippen LogP contribution in [0.1, 0.15) is 12.5 Å². The third-order valence-electron chi connectivity index (χ3n) is 2.13. The smallest absolute Gasteiger partial charge is 0.328 e. The van der Waals surface area contributed by atoms with Crippen LogP contribution in [0.2, 0.25) is 0 Å². The van der Waals surface area contributed by atoms with Gasteiger partial charge in [0.1, 0.15) is 0 Å². The molecule has 0 saturated heterocycles. The lowest BCUT2D eigenvalue weighted by atomic mass is 10.1. The second kappa shape index (κ2) is 7.34. The van der Waals surface area contributed by atoms with Crippen molar-refractivity contribution in [3.8, 4) is 11.5 Å². The summed E-state index contributed by atoms with van der Waals surface area (Å²) >= 11 is 0. The highest BCUT2D eigenvalue weighted by atomic mass is 16.7. The molecule has 1 aromatic carbocycles. The van der Waals surface area contributed by atoms with E-state index < -0.39 is 5.97 Å². The van der Waals surface area contributed by atoms with Gasteiger partial charge in [0.05, 0.1) is 7.11 Å². The van der Waals surface area contributed by atoms with Crippen LogP contribution >= 0.6 is 0 Å². The molecule has 0 aromatic heterocycles. The highest BCUT2D eigenvalue weighted by Gasteiger charge is 2.08. The van der Waals surface area contributed by atoms with Crippen molar-refractivity contribution < 1.29 is 24.1 Å². The van der Waals surface area contributed by atoms with Gasteiger partial charge in [-0.15, -0.1) is 0 Å². The average molecular weight is 252 g/mol. The Labute approximate surface area is 106 Å². The second-order valence-electron chi connectivity index (χ2n) is 3.31. The van der Waals surface area contributed by atoms with Crippen molar-refractivity contribution in [2.75, 3.05) is 20.5 Å². The van der Waals surface area contributed by atoms with E-state index in [0.717, 1.165) is 6.08 Å². The topological polar surface area (TPSA) is 65.0 Å². The Morgan fingerprint density at radius 3 is 2.83 bits per heavy atom. The van der Waals surface area contributed by atoms with Gasteiger partial charge >= 0.3 is 5.97 Å². The fraction of sp³-hybridized carbons (Fsp3) is 0.308. The average Bonchev–Trinajstić information content (AvgIpc) is 2.37. The van der Waals surface area contributed by atoms with E-state index in [0.29, 0.717) is 23.7 Å². The first kappa shape index (κ1) is 14.1. The first-order chi connectivity index (χ1) is 8.69. The lowest BCUT2D eigenvalue weighted by Crippen LogP contribution is -2.04. The predicted octanol–water partition coefficient (Wildman–Crippen LogP) is 2.17. The van der Waals surface area contributed by atoms with E-state index in [9.17, 15) is 4.79 Å². The molecule has 5 heteroatoms. The molecule has 0 atom stereocenters. The monoisotopic (exact) mass is 252 g/mol. The van der Waals surface area contributed by atoms with E-state index in [1.165, 1.54) is 13.2 Å². The zero-order chi connectivity index (χ0) is 13.4. The SMILES string of the molecule is CCOCOc1c(C=CC(=O)O)cccc1OC. The number of methoxy groups -OCH3 is 1. The molecule has 1 rings (SSSR count). The van der Waals surface area contributed by atoms with E-state index >= 15 is 0 Å². The van der Waals surface area contributed by atoms with Crippen molar-refractivity contribution in [1.29, 1.82) is 0 Å². The van der Waals surface area contributed by atoms with Gasteiger partial charge in [-0.1, -0.05) is 12.1 Å². The summed E-state index contributed by atoms with van der Waals surface area (Å²) < 4.78 is 15.7. The molecule has 0 fully saturated rings. The molecule has 0 heterocycles. The van der Waals surface area contributed by atoms with Gasteiger partial charge in [-0.2, -0.15) is 0 Å². The summed E-state index contributed by atoms with van der Waals surface area (Å²) in [6, 6.07) is 5.23. The van der Waals surface area contributed by atoms with Crippen LogP contribution < -0.4 is 9.47 Å². The molecular weight excluding hydrogens is 236 g/mol. The van der Waals surface area contributed by atoms with Gasteiger partial charge in [0.2, 0.25) is 0 Å². The molecule has 0 unspecified atom stereocenters. The molecule has 0 aliphatic rings. The lowest BCUT2D eigenvalue weighted by Gasteiger charge is -2.12. The summed E-state index contributed by atoms with van der Waals surface area (Å²) in [4.78, 5) is 10.5. The van der Waals surface area contributed by atoms with Crippen LogP contribution in [0.3, 0.4) is 0 Å². The minimum Gasteiger partial charge on any atom is -0.493 e. The number of carbonyl (C=O) groups is 1. The first-order valence-corrected chi connectivity index (χ1v) is 5.47. The van der Waals surface area contributed by atoms with E-state index in [1.807, 2.05) is 6.92 Å². The number of ether oxygens (including phenoxy) is 3. The summed E-state index contributed by atoms with van der Waals surface area (Å²) in [6.45, 7) is 2.48. The molecule has 1 N–H and O–H groups in total. The van der Waals surface area contributed by atoms with Crippen LogP contribution in [0.15, 0.2) is 24.3 Å². The standard InChI is InChI=1S/C13H16O5/c1-3-17-9-18-13-10(7-8-12(14)15)5-4-6-11(13)16-2/h4-8H,3,9H2,1-2H3,(H,14,15). The second-order valence-corrected chi connectivity index (χ2v) is 3.31. The molecule has 18 heavy (non-hydrogen) atoms. The number of benzene rings is 1. The number of hydrogen-bond acceptors (Lipinski definition) is 4. The van der Waals surface area contributed by atoms with Gasteiger partial charge in [-0.25, -0.2) is 4.79 Å².